The SMILES string of the molecule is [CH2]CCCC=Cc1ccccc1. The summed E-state index contributed by atoms with van der Waals surface area (Å²) in [6, 6.07) is 10.4. The highest BCUT2D eigenvalue weighted by Crippen LogP contribution is 2.03. The number of rotatable bonds is 4. The highest BCUT2D eigenvalue weighted by Gasteiger charge is 1.82. The molecule has 1 aromatic carbocycles. The van der Waals surface area contributed by atoms with Gasteiger partial charge in [-0.15, -0.1) is 0 Å². The molecular weight excluding hydrogens is 144 g/mol. The van der Waals surface area contributed by atoms with Gasteiger partial charge in [0.05, 0.1) is 0 Å². The molecule has 0 heteroatoms. The van der Waals surface area contributed by atoms with Crippen molar-refractivity contribution in [2.24, 2.45) is 0 Å². The second-order valence-electron chi connectivity index (χ2n) is 2.81. The summed E-state index contributed by atoms with van der Waals surface area (Å²) in [5.74, 6) is 0. The molecule has 0 aromatic heterocycles. The molecule has 1 rings (SSSR count). The van der Waals surface area contributed by atoms with Gasteiger partial charge in [-0.05, 0) is 18.4 Å². The van der Waals surface area contributed by atoms with Crippen molar-refractivity contribution in [2.75, 3.05) is 0 Å². The third kappa shape index (κ3) is 3.38. The number of hydrogen-bond donors (Lipinski definition) is 0. The van der Waals surface area contributed by atoms with Gasteiger partial charge < -0.3 is 0 Å². The fraction of sp³-hybridized carbons (Fsp3) is 0.250. The Kier molecular flexibility index (Phi) is 4.22. The van der Waals surface area contributed by atoms with Crippen LogP contribution in [0.4, 0.5) is 0 Å². The van der Waals surface area contributed by atoms with Crippen LogP contribution in [0.2, 0.25) is 0 Å². The Morgan fingerprint density at radius 3 is 2.58 bits per heavy atom. The van der Waals surface area contributed by atoms with Gasteiger partial charge in [0.25, 0.3) is 0 Å². The second kappa shape index (κ2) is 5.59. The molecule has 0 saturated carbocycles. The van der Waals surface area contributed by atoms with Crippen LogP contribution in [0.5, 0.6) is 0 Å². The van der Waals surface area contributed by atoms with Gasteiger partial charge in [0.1, 0.15) is 0 Å². The molecule has 0 nitrogen and oxygen atoms in total. The summed E-state index contributed by atoms with van der Waals surface area (Å²) in [7, 11) is 0. The zero-order valence-corrected chi connectivity index (χ0v) is 7.37. The molecule has 0 spiro atoms. The average Bonchev–Trinajstić information content (AvgIpc) is 2.14. The third-order valence-electron chi connectivity index (χ3n) is 1.73. The van der Waals surface area contributed by atoms with E-state index in [0.717, 1.165) is 12.8 Å². The standard InChI is InChI=1S/C12H15/c1-2-3-4-6-9-12-10-7-5-8-11-12/h5-11H,1-4H2. The lowest BCUT2D eigenvalue weighted by atomic mass is 10.2. The van der Waals surface area contributed by atoms with Crippen molar-refractivity contribution in [1.82, 2.24) is 0 Å². The first-order valence-corrected chi connectivity index (χ1v) is 4.44. The Morgan fingerprint density at radius 2 is 1.92 bits per heavy atom. The molecule has 0 atom stereocenters. The van der Waals surface area contributed by atoms with Crippen LogP contribution in [-0.4, -0.2) is 0 Å². The molecule has 12 heavy (non-hydrogen) atoms. The maximum atomic E-state index is 3.80. The minimum absolute atomic E-state index is 1.03. The van der Waals surface area contributed by atoms with Gasteiger partial charge in [0.15, 0.2) is 0 Å². The van der Waals surface area contributed by atoms with Crippen molar-refractivity contribution in [2.45, 2.75) is 19.3 Å². The smallest absolute Gasteiger partial charge is 0.0260 e. The maximum Gasteiger partial charge on any atom is -0.0260 e. The van der Waals surface area contributed by atoms with Crippen LogP contribution >= 0.6 is 0 Å². The van der Waals surface area contributed by atoms with Crippen LogP contribution in [0.1, 0.15) is 24.8 Å². The summed E-state index contributed by atoms with van der Waals surface area (Å²) in [5, 5.41) is 0. The van der Waals surface area contributed by atoms with Gasteiger partial charge in [-0.2, -0.15) is 0 Å². The zero-order chi connectivity index (χ0) is 8.65. The normalized spacial score (nSPS) is 10.8. The van der Waals surface area contributed by atoms with Gasteiger partial charge in [0.2, 0.25) is 0 Å². The van der Waals surface area contributed by atoms with Crippen LogP contribution in [0.15, 0.2) is 36.4 Å². The van der Waals surface area contributed by atoms with Crippen molar-refractivity contribution in [3.63, 3.8) is 0 Å². The van der Waals surface area contributed by atoms with Gasteiger partial charge in [0, 0.05) is 0 Å². The largest absolute Gasteiger partial charge is 0.0839 e. The monoisotopic (exact) mass is 159 g/mol. The Bertz CT molecular complexity index is 221. The van der Waals surface area contributed by atoms with Gasteiger partial charge >= 0.3 is 0 Å². The van der Waals surface area contributed by atoms with Crippen LogP contribution < -0.4 is 0 Å². The van der Waals surface area contributed by atoms with Gasteiger partial charge in [-0.1, -0.05) is 55.8 Å². The van der Waals surface area contributed by atoms with E-state index in [1.54, 1.807) is 0 Å². The predicted octanol–water partition coefficient (Wildman–Crippen LogP) is 3.70. The number of hydrogen-bond acceptors (Lipinski definition) is 0. The van der Waals surface area contributed by atoms with Crippen molar-refractivity contribution in [1.29, 1.82) is 0 Å². The lowest BCUT2D eigenvalue weighted by Gasteiger charge is -1.91. The first-order valence-electron chi connectivity index (χ1n) is 4.44. The second-order valence-corrected chi connectivity index (χ2v) is 2.81. The molecule has 0 aliphatic carbocycles. The minimum Gasteiger partial charge on any atom is -0.0839 e. The van der Waals surface area contributed by atoms with E-state index in [1.807, 2.05) is 6.07 Å². The molecule has 1 radical (unpaired) electrons. The van der Waals surface area contributed by atoms with Gasteiger partial charge in [-0.25, -0.2) is 0 Å². The lowest BCUT2D eigenvalue weighted by Crippen LogP contribution is -1.70. The molecule has 0 bridgehead atoms. The Labute approximate surface area is 74.9 Å². The summed E-state index contributed by atoms with van der Waals surface area (Å²) < 4.78 is 0. The molecule has 0 N–H and O–H groups in total. The van der Waals surface area contributed by atoms with E-state index in [2.05, 4.69) is 43.3 Å². The number of allylic oxidation sites excluding steroid dienone is 1. The van der Waals surface area contributed by atoms with E-state index >= 15 is 0 Å². The van der Waals surface area contributed by atoms with Crippen LogP contribution in [0.3, 0.4) is 0 Å². The summed E-state index contributed by atoms with van der Waals surface area (Å²) in [6.07, 6.45) is 7.72. The van der Waals surface area contributed by atoms with E-state index in [0.29, 0.717) is 0 Å². The Hall–Kier alpha value is -1.04. The topological polar surface area (TPSA) is 0 Å². The summed E-state index contributed by atoms with van der Waals surface area (Å²) in [5.41, 5.74) is 1.28. The van der Waals surface area contributed by atoms with Gasteiger partial charge in [-0.3, -0.25) is 0 Å². The molecule has 0 fully saturated rings. The molecule has 0 saturated heterocycles. The zero-order valence-electron chi connectivity index (χ0n) is 7.37. The number of unbranched alkanes of at least 4 members (excludes halogenated alkanes) is 2. The maximum absolute atomic E-state index is 3.80. The van der Waals surface area contributed by atoms with E-state index in [-0.39, 0.29) is 0 Å². The number of benzene rings is 1. The van der Waals surface area contributed by atoms with E-state index in [1.165, 1.54) is 12.0 Å². The summed E-state index contributed by atoms with van der Waals surface area (Å²) in [6.45, 7) is 3.80. The van der Waals surface area contributed by atoms with Crippen molar-refractivity contribution < 1.29 is 0 Å². The van der Waals surface area contributed by atoms with Crippen molar-refractivity contribution in [3.8, 4) is 0 Å². The molecule has 0 amide bonds. The summed E-state index contributed by atoms with van der Waals surface area (Å²) in [4.78, 5) is 0. The molecular formula is C12H15. The Morgan fingerprint density at radius 1 is 1.17 bits per heavy atom. The first-order chi connectivity index (χ1) is 5.93. The van der Waals surface area contributed by atoms with Crippen molar-refractivity contribution >= 4 is 6.08 Å². The quantitative estimate of drug-likeness (QED) is 0.587. The third-order valence-corrected chi connectivity index (χ3v) is 1.73. The minimum atomic E-state index is 1.03. The lowest BCUT2D eigenvalue weighted by molar-refractivity contribution is 0.868. The predicted molar refractivity (Wildman–Crippen MR) is 54.7 cm³/mol. The molecule has 0 heterocycles. The van der Waals surface area contributed by atoms with Crippen LogP contribution in [-0.2, 0) is 0 Å². The average molecular weight is 159 g/mol. The fourth-order valence-electron chi connectivity index (χ4n) is 1.05. The van der Waals surface area contributed by atoms with Crippen LogP contribution in [0.25, 0.3) is 6.08 Å². The highest BCUT2D eigenvalue weighted by molar-refractivity contribution is 5.48. The van der Waals surface area contributed by atoms with E-state index in [4.69, 9.17) is 0 Å². The van der Waals surface area contributed by atoms with E-state index in [9.17, 15) is 0 Å². The van der Waals surface area contributed by atoms with Crippen LogP contribution in [0, 0.1) is 6.92 Å². The van der Waals surface area contributed by atoms with Crippen molar-refractivity contribution in [3.05, 3.63) is 48.9 Å². The molecule has 0 aliphatic rings. The molecule has 0 unspecified atom stereocenters. The Balaban J connectivity index is 2.36. The highest BCUT2D eigenvalue weighted by atomic mass is 13.9. The molecule has 1 aromatic rings. The molecule has 63 valence electrons. The first kappa shape index (κ1) is 9.05. The molecule has 0 aliphatic heterocycles. The fourth-order valence-corrected chi connectivity index (χ4v) is 1.05. The van der Waals surface area contributed by atoms with E-state index < -0.39 is 0 Å². The summed E-state index contributed by atoms with van der Waals surface area (Å²) >= 11 is 0.